The maximum absolute atomic E-state index is 10.6. The Hall–Kier alpha value is -0.860. The monoisotopic (exact) mass is 156 g/mol. The van der Waals surface area contributed by atoms with E-state index in [-0.39, 0.29) is 17.7 Å². The normalized spacial score (nSPS) is 13.3. The second-order valence-corrected chi connectivity index (χ2v) is 3.65. The molecular formula is C8H16N2O. The summed E-state index contributed by atoms with van der Waals surface area (Å²) in [6.45, 7) is 7.34. The van der Waals surface area contributed by atoms with Crippen molar-refractivity contribution in [3.05, 3.63) is 0 Å². The van der Waals surface area contributed by atoms with Crippen LogP contribution in [0.2, 0.25) is 0 Å². The number of carbonyl (C=O) groups excluding carboxylic acids is 1. The van der Waals surface area contributed by atoms with E-state index < -0.39 is 0 Å². The lowest BCUT2D eigenvalue weighted by Crippen LogP contribution is -2.22. The molecule has 0 amide bonds. The van der Waals surface area contributed by atoms with Crippen LogP contribution in [0, 0.1) is 0 Å². The Bertz CT molecular complexity index is 177. The Morgan fingerprint density at radius 2 is 1.91 bits per heavy atom. The van der Waals surface area contributed by atoms with Crippen molar-refractivity contribution in [2.75, 3.05) is 0 Å². The molecule has 0 aliphatic heterocycles. The van der Waals surface area contributed by atoms with Crippen molar-refractivity contribution in [3.63, 3.8) is 0 Å². The van der Waals surface area contributed by atoms with Gasteiger partial charge >= 0.3 is 0 Å². The largest absolute Gasteiger partial charge is 0.387 e. The van der Waals surface area contributed by atoms with Crippen LogP contribution in [0.25, 0.3) is 0 Å². The van der Waals surface area contributed by atoms with E-state index in [2.05, 4.69) is 4.99 Å². The summed E-state index contributed by atoms with van der Waals surface area (Å²) in [5, 5.41) is 0. The molecule has 0 bridgehead atoms. The van der Waals surface area contributed by atoms with E-state index in [0.29, 0.717) is 5.84 Å². The van der Waals surface area contributed by atoms with Crippen LogP contribution in [0.1, 0.15) is 34.1 Å². The minimum Gasteiger partial charge on any atom is -0.387 e. The zero-order valence-electron chi connectivity index (χ0n) is 7.64. The van der Waals surface area contributed by atoms with Gasteiger partial charge in [0.05, 0.1) is 12.0 Å². The second-order valence-electron chi connectivity index (χ2n) is 3.65. The first-order chi connectivity index (χ1) is 4.81. The number of hydrogen-bond acceptors (Lipinski definition) is 2. The van der Waals surface area contributed by atoms with Crippen molar-refractivity contribution >= 4 is 11.6 Å². The van der Waals surface area contributed by atoms with Crippen LogP contribution in [0.5, 0.6) is 0 Å². The Morgan fingerprint density at radius 3 is 2.18 bits per heavy atom. The van der Waals surface area contributed by atoms with Crippen LogP contribution in [0.3, 0.4) is 0 Å². The Labute approximate surface area is 67.7 Å². The lowest BCUT2D eigenvalue weighted by Gasteiger charge is -2.12. The third-order valence-electron chi connectivity index (χ3n) is 0.909. The Kier molecular flexibility index (Phi) is 3.23. The molecule has 0 fully saturated rings. The van der Waals surface area contributed by atoms with E-state index in [4.69, 9.17) is 5.73 Å². The first-order valence-electron chi connectivity index (χ1n) is 3.65. The number of ketones is 1. The number of amidine groups is 1. The van der Waals surface area contributed by atoms with Gasteiger partial charge in [0, 0.05) is 0 Å². The number of hydrogen-bond donors (Lipinski definition) is 1. The molecule has 3 nitrogen and oxygen atoms in total. The van der Waals surface area contributed by atoms with Crippen molar-refractivity contribution in [1.82, 2.24) is 0 Å². The lowest BCUT2D eigenvalue weighted by molar-refractivity contribution is -0.115. The summed E-state index contributed by atoms with van der Waals surface area (Å²) in [4.78, 5) is 14.7. The highest BCUT2D eigenvalue weighted by molar-refractivity contribution is 5.99. The fourth-order valence-corrected chi connectivity index (χ4v) is 0.725. The van der Waals surface area contributed by atoms with E-state index in [1.54, 1.807) is 0 Å². The van der Waals surface area contributed by atoms with Crippen molar-refractivity contribution in [1.29, 1.82) is 0 Å². The van der Waals surface area contributed by atoms with Crippen LogP contribution in [-0.2, 0) is 4.79 Å². The van der Waals surface area contributed by atoms with E-state index in [1.165, 1.54) is 6.92 Å². The minimum absolute atomic E-state index is 0.0514. The number of aliphatic imine (C=N–C) groups is 1. The number of Topliss-reactive ketones (excluding diaryl/α,β-unsaturated/α-hetero) is 1. The van der Waals surface area contributed by atoms with Gasteiger partial charge in [-0.1, -0.05) is 0 Å². The molecular weight excluding hydrogens is 140 g/mol. The Morgan fingerprint density at radius 1 is 1.45 bits per heavy atom. The molecule has 0 spiro atoms. The van der Waals surface area contributed by atoms with Gasteiger partial charge in [-0.15, -0.1) is 0 Å². The summed E-state index contributed by atoms with van der Waals surface area (Å²) in [6.07, 6.45) is 0.261. The molecule has 2 N–H and O–H groups in total. The predicted octanol–water partition coefficient (Wildman–Crippen LogP) is 1.12. The van der Waals surface area contributed by atoms with Crippen LogP contribution in [-0.4, -0.2) is 17.2 Å². The molecule has 0 aromatic rings. The highest BCUT2D eigenvalue weighted by Crippen LogP contribution is 2.06. The summed E-state index contributed by atoms with van der Waals surface area (Å²) in [7, 11) is 0. The van der Waals surface area contributed by atoms with Crippen LogP contribution in [0.15, 0.2) is 4.99 Å². The maximum atomic E-state index is 10.6. The second kappa shape index (κ2) is 3.51. The maximum Gasteiger partial charge on any atom is 0.137 e. The van der Waals surface area contributed by atoms with E-state index >= 15 is 0 Å². The van der Waals surface area contributed by atoms with Gasteiger partial charge in [-0.05, 0) is 27.7 Å². The van der Waals surface area contributed by atoms with Crippen LogP contribution < -0.4 is 5.73 Å². The average molecular weight is 156 g/mol. The molecule has 0 atom stereocenters. The summed E-state index contributed by atoms with van der Waals surface area (Å²) >= 11 is 0. The van der Waals surface area contributed by atoms with E-state index in [1.807, 2.05) is 20.8 Å². The molecule has 0 unspecified atom stereocenters. The standard InChI is InChI=1S/C8H16N2O/c1-6(11)5-7(9)10-8(2,3)4/h5H2,1-4H3,(H2,9,10). The first kappa shape index (κ1) is 10.1. The molecule has 0 radical (unpaired) electrons. The van der Waals surface area contributed by atoms with Gasteiger partial charge < -0.3 is 5.73 Å². The first-order valence-corrected chi connectivity index (χ1v) is 3.65. The van der Waals surface area contributed by atoms with Gasteiger partial charge in [-0.3, -0.25) is 9.79 Å². The van der Waals surface area contributed by atoms with Crippen molar-refractivity contribution in [2.45, 2.75) is 39.7 Å². The highest BCUT2D eigenvalue weighted by Gasteiger charge is 2.08. The minimum atomic E-state index is -0.181. The zero-order valence-corrected chi connectivity index (χ0v) is 7.64. The van der Waals surface area contributed by atoms with Crippen molar-refractivity contribution in [2.24, 2.45) is 10.7 Å². The number of carbonyl (C=O) groups is 1. The molecule has 0 saturated heterocycles. The summed E-state index contributed by atoms with van der Waals surface area (Å²) in [5.74, 6) is 0.473. The molecule has 11 heavy (non-hydrogen) atoms. The third-order valence-corrected chi connectivity index (χ3v) is 0.909. The van der Waals surface area contributed by atoms with Gasteiger partial charge in [-0.25, -0.2) is 0 Å². The van der Waals surface area contributed by atoms with E-state index in [0.717, 1.165) is 0 Å². The van der Waals surface area contributed by atoms with Crippen molar-refractivity contribution in [3.8, 4) is 0 Å². The lowest BCUT2D eigenvalue weighted by atomic mass is 10.1. The topological polar surface area (TPSA) is 55.5 Å². The summed E-state index contributed by atoms with van der Waals surface area (Å²) in [5.41, 5.74) is 5.31. The van der Waals surface area contributed by atoms with Crippen LogP contribution in [0.4, 0.5) is 0 Å². The van der Waals surface area contributed by atoms with E-state index in [9.17, 15) is 4.79 Å². The number of nitrogens with zero attached hydrogens (tertiary/aromatic N) is 1. The molecule has 0 aliphatic carbocycles. The molecule has 0 aromatic heterocycles. The van der Waals surface area contributed by atoms with Gasteiger partial charge in [0.2, 0.25) is 0 Å². The highest BCUT2D eigenvalue weighted by atomic mass is 16.1. The number of nitrogens with two attached hydrogens (primary N) is 1. The SMILES string of the molecule is CC(=O)CC(N)=NC(C)(C)C. The Balaban J connectivity index is 4.12. The smallest absolute Gasteiger partial charge is 0.137 e. The third kappa shape index (κ3) is 7.03. The molecule has 0 rings (SSSR count). The number of rotatable bonds is 2. The predicted molar refractivity (Wildman–Crippen MR) is 46.7 cm³/mol. The van der Waals surface area contributed by atoms with Gasteiger partial charge in [0.25, 0.3) is 0 Å². The van der Waals surface area contributed by atoms with Gasteiger partial charge in [-0.2, -0.15) is 0 Å². The van der Waals surface area contributed by atoms with Gasteiger partial charge in [0.1, 0.15) is 11.6 Å². The fraction of sp³-hybridized carbons (Fsp3) is 0.750. The van der Waals surface area contributed by atoms with Gasteiger partial charge in [0.15, 0.2) is 0 Å². The van der Waals surface area contributed by atoms with Crippen molar-refractivity contribution < 1.29 is 4.79 Å². The molecule has 0 aliphatic rings. The average Bonchev–Trinajstić information content (AvgIpc) is 1.53. The fourth-order valence-electron chi connectivity index (χ4n) is 0.725. The summed E-state index contributed by atoms with van der Waals surface area (Å²) < 4.78 is 0. The molecule has 64 valence electrons. The van der Waals surface area contributed by atoms with Crippen LogP contribution >= 0.6 is 0 Å². The summed E-state index contributed by atoms with van der Waals surface area (Å²) in [6, 6.07) is 0. The quantitative estimate of drug-likeness (QED) is 0.481. The molecule has 0 aromatic carbocycles. The molecule has 3 heteroatoms. The molecule has 0 saturated carbocycles. The zero-order chi connectivity index (χ0) is 9.07. The molecule has 0 heterocycles.